The Morgan fingerprint density at radius 3 is 2.53 bits per heavy atom. The first-order valence-corrected chi connectivity index (χ1v) is 9.34. The molecule has 0 amide bonds. The first kappa shape index (κ1) is 16.5. The molecule has 6 aromatic rings. The number of hydrogen-bond donors (Lipinski definition) is 2. The minimum Gasteiger partial charge on any atom is -0.345 e. The predicted molar refractivity (Wildman–Crippen MR) is 113 cm³/mol. The maximum Gasteiger partial charge on any atom is 0.140 e. The Balaban J connectivity index is 1.52. The molecule has 0 aliphatic heterocycles. The van der Waals surface area contributed by atoms with Crippen LogP contribution < -0.4 is 0 Å². The van der Waals surface area contributed by atoms with Gasteiger partial charge in [0.1, 0.15) is 17.8 Å². The summed E-state index contributed by atoms with van der Waals surface area (Å²) in [6.07, 6.45) is 15.9. The number of nitrogens with zero attached hydrogens (tertiary/aromatic N) is 6. The van der Waals surface area contributed by atoms with Crippen molar-refractivity contribution in [2.75, 3.05) is 0 Å². The van der Waals surface area contributed by atoms with Crippen LogP contribution in [0.15, 0.2) is 74.1 Å². The van der Waals surface area contributed by atoms with Gasteiger partial charge < -0.3 is 9.97 Å². The van der Waals surface area contributed by atoms with Gasteiger partial charge in [-0.15, -0.1) is 0 Å². The van der Waals surface area contributed by atoms with Gasteiger partial charge in [0, 0.05) is 76.6 Å². The number of aromatic nitrogens is 8. The Morgan fingerprint density at radius 1 is 0.767 bits per heavy atom. The Kier molecular flexibility index (Phi) is 3.60. The molecule has 0 atom stereocenters. The summed E-state index contributed by atoms with van der Waals surface area (Å²) in [7, 11) is 0. The maximum absolute atomic E-state index is 4.89. The topological polar surface area (TPSA) is 109 Å². The summed E-state index contributed by atoms with van der Waals surface area (Å²) in [5.74, 6) is 0.748. The minimum atomic E-state index is 0.748. The number of rotatable bonds is 3. The molecule has 6 aromatic heterocycles. The van der Waals surface area contributed by atoms with E-state index >= 15 is 0 Å². The van der Waals surface area contributed by atoms with Crippen molar-refractivity contribution in [1.29, 1.82) is 0 Å². The molecular weight excluding hydrogens is 376 g/mol. The number of aromatic amines is 2. The van der Waals surface area contributed by atoms with E-state index in [4.69, 9.17) is 4.98 Å². The van der Waals surface area contributed by atoms with Crippen molar-refractivity contribution in [3.05, 3.63) is 74.1 Å². The van der Waals surface area contributed by atoms with Crippen molar-refractivity contribution in [2.24, 2.45) is 0 Å². The van der Waals surface area contributed by atoms with Crippen LogP contribution in [0.4, 0.5) is 0 Å². The highest BCUT2D eigenvalue weighted by molar-refractivity contribution is 5.98. The van der Waals surface area contributed by atoms with Crippen LogP contribution in [0.5, 0.6) is 0 Å². The van der Waals surface area contributed by atoms with Gasteiger partial charge in [0.25, 0.3) is 0 Å². The molecule has 8 nitrogen and oxygen atoms in total. The van der Waals surface area contributed by atoms with E-state index < -0.39 is 0 Å². The summed E-state index contributed by atoms with van der Waals surface area (Å²) in [5.41, 5.74) is 7.19. The monoisotopic (exact) mass is 390 g/mol. The molecule has 142 valence electrons. The van der Waals surface area contributed by atoms with Crippen molar-refractivity contribution in [2.45, 2.75) is 0 Å². The van der Waals surface area contributed by atoms with Crippen LogP contribution in [0.1, 0.15) is 0 Å². The molecule has 0 aromatic carbocycles. The zero-order valence-corrected chi connectivity index (χ0v) is 15.6. The van der Waals surface area contributed by atoms with Gasteiger partial charge in [0.15, 0.2) is 0 Å². The molecule has 8 heteroatoms. The summed E-state index contributed by atoms with van der Waals surface area (Å²) in [6.45, 7) is 0. The summed E-state index contributed by atoms with van der Waals surface area (Å²) in [4.78, 5) is 32.8. The van der Waals surface area contributed by atoms with E-state index in [1.807, 2.05) is 36.9 Å². The average Bonchev–Trinajstić information content (AvgIpc) is 3.43. The van der Waals surface area contributed by atoms with E-state index in [-0.39, 0.29) is 0 Å². The highest BCUT2D eigenvalue weighted by Gasteiger charge is 2.15. The van der Waals surface area contributed by atoms with Crippen LogP contribution in [0, 0.1) is 0 Å². The maximum atomic E-state index is 4.89. The fourth-order valence-electron chi connectivity index (χ4n) is 3.60. The SMILES string of the molecule is c1cncc(-c2cncc3[nH]c(-c4c[nH]c5ncc(-c6cncnc6)cc45)nc23)c1. The Bertz CT molecular complexity index is 1490. The fourth-order valence-corrected chi connectivity index (χ4v) is 3.60. The van der Waals surface area contributed by atoms with Gasteiger partial charge in [-0.05, 0) is 12.1 Å². The standard InChI is InChI=1S/C22H14N8/c1-2-13(5-23-3-1)17-9-24-11-19-20(17)30-22(29-19)18-10-28-21-16(18)4-14(8-27-21)15-6-25-12-26-7-15/h1-12H,(H,27,28)(H,29,30). The summed E-state index contributed by atoms with van der Waals surface area (Å²) < 4.78 is 0. The third-order valence-corrected chi connectivity index (χ3v) is 5.05. The lowest BCUT2D eigenvalue weighted by Gasteiger charge is -2.01. The molecule has 0 aliphatic carbocycles. The average molecular weight is 390 g/mol. The molecule has 0 aliphatic rings. The van der Waals surface area contributed by atoms with E-state index in [9.17, 15) is 0 Å². The highest BCUT2D eigenvalue weighted by Crippen LogP contribution is 2.32. The second-order valence-corrected chi connectivity index (χ2v) is 6.86. The first-order valence-electron chi connectivity index (χ1n) is 9.34. The Labute approximate surface area is 170 Å². The van der Waals surface area contributed by atoms with Gasteiger partial charge in [-0.25, -0.2) is 19.9 Å². The van der Waals surface area contributed by atoms with Crippen LogP contribution in [0.2, 0.25) is 0 Å². The molecule has 6 rings (SSSR count). The number of H-pyrrole nitrogens is 2. The molecular formula is C22H14N8. The van der Waals surface area contributed by atoms with Crippen molar-refractivity contribution >= 4 is 22.1 Å². The minimum absolute atomic E-state index is 0.748. The lowest BCUT2D eigenvalue weighted by molar-refractivity contribution is 1.17. The molecule has 0 radical (unpaired) electrons. The molecule has 30 heavy (non-hydrogen) atoms. The van der Waals surface area contributed by atoms with Crippen LogP contribution in [-0.2, 0) is 0 Å². The normalized spacial score (nSPS) is 11.3. The molecule has 0 spiro atoms. The quantitative estimate of drug-likeness (QED) is 0.472. The Hall–Kier alpha value is -4.46. The van der Waals surface area contributed by atoms with Gasteiger partial charge in [0.05, 0.1) is 17.2 Å². The van der Waals surface area contributed by atoms with Crippen molar-refractivity contribution < 1.29 is 0 Å². The van der Waals surface area contributed by atoms with Crippen LogP contribution in [0.3, 0.4) is 0 Å². The molecule has 0 bridgehead atoms. The summed E-state index contributed by atoms with van der Waals surface area (Å²) >= 11 is 0. The zero-order chi connectivity index (χ0) is 19.9. The molecule has 2 N–H and O–H groups in total. The third kappa shape index (κ3) is 2.62. The summed E-state index contributed by atoms with van der Waals surface area (Å²) in [5, 5.41) is 0.964. The number of hydrogen-bond acceptors (Lipinski definition) is 6. The third-order valence-electron chi connectivity index (χ3n) is 5.05. The first-order chi connectivity index (χ1) is 14.9. The number of fused-ring (bicyclic) bond motifs is 2. The van der Waals surface area contributed by atoms with Crippen molar-refractivity contribution in [1.82, 2.24) is 39.9 Å². The van der Waals surface area contributed by atoms with Gasteiger partial charge in [-0.2, -0.15) is 0 Å². The van der Waals surface area contributed by atoms with Crippen LogP contribution >= 0.6 is 0 Å². The van der Waals surface area contributed by atoms with E-state index in [0.29, 0.717) is 0 Å². The van der Waals surface area contributed by atoms with Gasteiger partial charge >= 0.3 is 0 Å². The predicted octanol–water partition coefficient (Wildman–Crippen LogP) is 4.02. The van der Waals surface area contributed by atoms with Gasteiger partial charge in [-0.3, -0.25) is 9.97 Å². The molecule has 0 saturated carbocycles. The van der Waals surface area contributed by atoms with Gasteiger partial charge in [0.2, 0.25) is 0 Å². The molecule has 0 fully saturated rings. The number of pyridine rings is 3. The smallest absolute Gasteiger partial charge is 0.140 e. The van der Waals surface area contributed by atoms with E-state index in [1.165, 1.54) is 6.33 Å². The second kappa shape index (κ2) is 6.56. The lowest BCUT2D eigenvalue weighted by Crippen LogP contribution is -1.85. The summed E-state index contributed by atoms with van der Waals surface area (Å²) in [6, 6.07) is 5.98. The van der Waals surface area contributed by atoms with Crippen molar-refractivity contribution in [3.63, 3.8) is 0 Å². The number of nitrogens with one attached hydrogen (secondary N) is 2. The molecule has 6 heterocycles. The highest BCUT2D eigenvalue weighted by atomic mass is 14.9. The molecule has 0 saturated heterocycles. The fraction of sp³-hybridized carbons (Fsp3) is 0. The van der Waals surface area contributed by atoms with E-state index in [2.05, 4.69) is 41.0 Å². The Morgan fingerprint density at radius 2 is 1.67 bits per heavy atom. The largest absolute Gasteiger partial charge is 0.345 e. The number of imidazole rings is 1. The molecule has 0 unspecified atom stereocenters. The van der Waals surface area contributed by atoms with Crippen LogP contribution in [-0.4, -0.2) is 39.9 Å². The van der Waals surface area contributed by atoms with E-state index in [0.717, 1.165) is 55.7 Å². The lowest BCUT2D eigenvalue weighted by atomic mass is 10.1. The zero-order valence-electron chi connectivity index (χ0n) is 15.6. The second-order valence-electron chi connectivity index (χ2n) is 6.86. The van der Waals surface area contributed by atoms with Crippen LogP contribution in [0.25, 0.3) is 55.7 Å². The van der Waals surface area contributed by atoms with E-state index in [1.54, 1.807) is 24.8 Å². The van der Waals surface area contributed by atoms with Crippen molar-refractivity contribution in [3.8, 4) is 33.6 Å². The van der Waals surface area contributed by atoms with Gasteiger partial charge in [-0.1, -0.05) is 6.07 Å².